The molecule has 1 heterocycles. The number of anilines is 2. The Bertz CT molecular complexity index is 414. The van der Waals surface area contributed by atoms with Crippen LogP contribution in [-0.2, 0) is 4.74 Å². The zero-order valence-corrected chi connectivity index (χ0v) is 12.4. The molecule has 7 nitrogen and oxygen atoms in total. The maximum absolute atomic E-state index is 10.1. The summed E-state index contributed by atoms with van der Waals surface area (Å²) in [6.45, 7) is 2.49. The first-order chi connectivity index (χ1) is 8.84. The van der Waals surface area contributed by atoms with Crippen LogP contribution in [0.25, 0.3) is 0 Å². The summed E-state index contributed by atoms with van der Waals surface area (Å²) < 4.78 is 4.94. The van der Waals surface area contributed by atoms with Gasteiger partial charge in [-0.2, -0.15) is 15.0 Å². The maximum atomic E-state index is 10.1. The van der Waals surface area contributed by atoms with Crippen molar-refractivity contribution in [3.63, 3.8) is 0 Å². The van der Waals surface area contributed by atoms with E-state index in [-0.39, 0.29) is 5.28 Å². The van der Waals surface area contributed by atoms with Gasteiger partial charge >= 0.3 is 0 Å². The molecular formula is C11H20ClN5O2. The normalized spacial score (nSPS) is 14.0. The van der Waals surface area contributed by atoms with Crippen molar-refractivity contribution >= 4 is 23.5 Å². The zero-order chi connectivity index (χ0) is 14.5. The van der Waals surface area contributed by atoms with Crippen LogP contribution in [0.4, 0.5) is 11.9 Å². The van der Waals surface area contributed by atoms with E-state index >= 15 is 0 Å². The Hall–Kier alpha value is -1.18. The van der Waals surface area contributed by atoms with Gasteiger partial charge in [0, 0.05) is 40.8 Å². The summed E-state index contributed by atoms with van der Waals surface area (Å²) in [5.41, 5.74) is -0.909. The van der Waals surface area contributed by atoms with E-state index in [1.165, 1.54) is 0 Å². The molecule has 0 amide bonds. The minimum atomic E-state index is -0.909. The molecule has 8 heteroatoms. The van der Waals surface area contributed by atoms with E-state index in [1.807, 2.05) is 14.1 Å². The third-order valence-electron chi connectivity index (χ3n) is 2.47. The smallest absolute Gasteiger partial charge is 0.230 e. The van der Waals surface area contributed by atoms with Crippen LogP contribution in [0.5, 0.6) is 0 Å². The van der Waals surface area contributed by atoms with E-state index in [1.54, 1.807) is 18.9 Å². The Morgan fingerprint density at radius 3 is 2.63 bits per heavy atom. The second-order valence-corrected chi connectivity index (χ2v) is 5.05. The maximum Gasteiger partial charge on any atom is 0.230 e. The molecule has 0 spiro atoms. The molecule has 2 N–H and O–H groups in total. The van der Waals surface area contributed by atoms with Crippen LogP contribution < -0.4 is 10.2 Å². The number of aromatic nitrogens is 3. The molecule has 0 radical (unpaired) electrons. The van der Waals surface area contributed by atoms with Crippen molar-refractivity contribution in [1.82, 2.24) is 15.0 Å². The van der Waals surface area contributed by atoms with Gasteiger partial charge in [-0.3, -0.25) is 0 Å². The molecule has 0 aliphatic heterocycles. The van der Waals surface area contributed by atoms with Crippen LogP contribution in [0, 0.1) is 0 Å². The van der Waals surface area contributed by atoms with E-state index in [0.29, 0.717) is 31.5 Å². The van der Waals surface area contributed by atoms with E-state index < -0.39 is 5.60 Å². The second-order valence-electron chi connectivity index (χ2n) is 4.72. The van der Waals surface area contributed by atoms with Crippen molar-refractivity contribution in [2.45, 2.75) is 18.9 Å². The quantitative estimate of drug-likeness (QED) is 0.768. The van der Waals surface area contributed by atoms with Gasteiger partial charge in [-0.25, -0.2) is 0 Å². The summed E-state index contributed by atoms with van der Waals surface area (Å²) in [5.74, 6) is 0.792. The summed E-state index contributed by atoms with van der Waals surface area (Å²) in [4.78, 5) is 13.8. The summed E-state index contributed by atoms with van der Waals surface area (Å²) in [6.07, 6.45) is 0.510. The van der Waals surface area contributed by atoms with Crippen LogP contribution in [0.2, 0.25) is 5.28 Å². The van der Waals surface area contributed by atoms with Gasteiger partial charge in [0.05, 0.1) is 5.60 Å². The lowest BCUT2D eigenvalue weighted by molar-refractivity contribution is 0.0356. The second kappa shape index (κ2) is 6.83. The molecule has 0 aromatic carbocycles. The first-order valence-corrected chi connectivity index (χ1v) is 6.26. The number of halogens is 1. The van der Waals surface area contributed by atoms with Crippen LogP contribution >= 0.6 is 11.6 Å². The molecule has 0 saturated heterocycles. The highest BCUT2D eigenvalue weighted by molar-refractivity contribution is 6.28. The number of rotatable bonds is 7. The van der Waals surface area contributed by atoms with Crippen molar-refractivity contribution < 1.29 is 9.84 Å². The molecule has 0 aliphatic carbocycles. The highest BCUT2D eigenvalue weighted by atomic mass is 35.5. The van der Waals surface area contributed by atoms with Gasteiger partial charge in [-0.15, -0.1) is 0 Å². The first kappa shape index (κ1) is 15.9. The Labute approximate surface area is 118 Å². The number of hydrogen-bond acceptors (Lipinski definition) is 7. The van der Waals surface area contributed by atoms with Gasteiger partial charge in [0.2, 0.25) is 17.2 Å². The molecule has 19 heavy (non-hydrogen) atoms. The monoisotopic (exact) mass is 289 g/mol. The van der Waals surface area contributed by atoms with E-state index in [4.69, 9.17) is 16.3 Å². The fourth-order valence-electron chi connectivity index (χ4n) is 1.30. The molecule has 1 aromatic rings. The third kappa shape index (κ3) is 5.54. The number of nitrogens with zero attached hydrogens (tertiary/aromatic N) is 4. The zero-order valence-electron chi connectivity index (χ0n) is 11.6. The Kier molecular flexibility index (Phi) is 5.71. The first-order valence-electron chi connectivity index (χ1n) is 5.88. The van der Waals surface area contributed by atoms with Gasteiger partial charge in [0.25, 0.3) is 0 Å². The molecule has 1 atom stereocenters. The SMILES string of the molecule is COCCC(C)(O)CNc1nc(Cl)nc(N(C)C)n1. The summed E-state index contributed by atoms with van der Waals surface area (Å²) in [6, 6.07) is 0. The van der Waals surface area contributed by atoms with Crippen molar-refractivity contribution in [3.05, 3.63) is 5.28 Å². The molecule has 108 valence electrons. The fourth-order valence-corrected chi connectivity index (χ4v) is 1.45. The highest BCUT2D eigenvalue weighted by Gasteiger charge is 2.20. The van der Waals surface area contributed by atoms with Crippen LogP contribution in [0.15, 0.2) is 0 Å². The van der Waals surface area contributed by atoms with Crippen molar-refractivity contribution in [2.75, 3.05) is 44.6 Å². The average molecular weight is 290 g/mol. The standard InChI is InChI=1S/C11H20ClN5O2/c1-11(18,5-6-19-4)7-13-9-14-8(12)15-10(16-9)17(2)3/h18H,5-7H2,1-4H3,(H,13,14,15,16). The van der Waals surface area contributed by atoms with Gasteiger partial charge in [0.15, 0.2) is 0 Å². The molecule has 0 fully saturated rings. The minimum absolute atomic E-state index is 0.109. The molecule has 1 unspecified atom stereocenters. The van der Waals surface area contributed by atoms with Gasteiger partial charge in [-0.1, -0.05) is 0 Å². The lowest BCUT2D eigenvalue weighted by Crippen LogP contribution is -2.35. The Morgan fingerprint density at radius 2 is 2.05 bits per heavy atom. The number of methoxy groups -OCH3 is 1. The lowest BCUT2D eigenvalue weighted by Gasteiger charge is -2.23. The van der Waals surface area contributed by atoms with Crippen molar-refractivity contribution in [3.8, 4) is 0 Å². The van der Waals surface area contributed by atoms with Gasteiger partial charge < -0.3 is 20.1 Å². The number of nitrogens with one attached hydrogen (secondary N) is 1. The minimum Gasteiger partial charge on any atom is -0.388 e. The molecule has 0 saturated carbocycles. The fraction of sp³-hybridized carbons (Fsp3) is 0.727. The lowest BCUT2D eigenvalue weighted by atomic mass is 10.0. The summed E-state index contributed by atoms with van der Waals surface area (Å²) in [7, 11) is 5.22. The molecule has 0 aliphatic rings. The van der Waals surface area contributed by atoms with Gasteiger partial charge in [0.1, 0.15) is 0 Å². The molecule has 1 rings (SSSR count). The van der Waals surface area contributed by atoms with Crippen molar-refractivity contribution in [1.29, 1.82) is 0 Å². The third-order valence-corrected chi connectivity index (χ3v) is 2.64. The largest absolute Gasteiger partial charge is 0.388 e. The number of ether oxygens (including phenoxy) is 1. The Morgan fingerprint density at radius 1 is 1.37 bits per heavy atom. The average Bonchev–Trinajstić information content (AvgIpc) is 2.33. The van der Waals surface area contributed by atoms with Crippen LogP contribution in [-0.4, -0.2) is 60.0 Å². The van der Waals surface area contributed by atoms with E-state index in [0.717, 1.165) is 0 Å². The molecular weight excluding hydrogens is 270 g/mol. The predicted molar refractivity (Wildman–Crippen MR) is 74.8 cm³/mol. The van der Waals surface area contributed by atoms with Crippen LogP contribution in [0.1, 0.15) is 13.3 Å². The number of aliphatic hydroxyl groups is 1. The highest BCUT2D eigenvalue weighted by Crippen LogP contribution is 2.14. The predicted octanol–water partition coefficient (Wildman–Crippen LogP) is 0.790. The molecule has 0 bridgehead atoms. The van der Waals surface area contributed by atoms with E-state index in [9.17, 15) is 5.11 Å². The molecule has 1 aromatic heterocycles. The van der Waals surface area contributed by atoms with Crippen molar-refractivity contribution in [2.24, 2.45) is 0 Å². The number of hydrogen-bond donors (Lipinski definition) is 2. The van der Waals surface area contributed by atoms with E-state index in [2.05, 4.69) is 20.3 Å². The Balaban J connectivity index is 2.67. The summed E-state index contributed by atoms with van der Waals surface area (Å²) >= 11 is 5.82. The van der Waals surface area contributed by atoms with Gasteiger partial charge in [-0.05, 0) is 18.5 Å². The summed E-state index contributed by atoms with van der Waals surface area (Å²) in [5, 5.41) is 13.2. The topological polar surface area (TPSA) is 83.4 Å². The van der Waals surface area contributed by atoms with Crippen LogP contribution in [0.3, 0.4) is 0 Å².